The maximum atomic E-state index is 12.6. The fraction of sp³-hybridized carbons (Fsp3) is 0.0588. The van der Waals surface area contributed by atoms with Crippen LogP contribution in [-0.4, -0.2) is 13.0 Å². The van der Waals surface area contributed by atoms with Gasteiger partial charge in [0.1, 0.15) is 10.6 Å². The molecule has 0 fully saturated rings. The van der Waals surface area contributed by atoms with Gasteiger partial charge in [0.2, 0.25) is 0 Å². The molecule has 3 rings (SSSR count). The van der Waals surface area contributed by atoms with Crippen LogP contribution in [0.2, 0.25) is 0 Å². The van der Waals surface area contributed by atoms with Crippen molar-refractivity contribution in [3.63, 3.8) is 0 Å². The number of azo groups is 1. The van der Waals surface area contributed by atoms with Gasteiger partial charge in [0.15, 0.2) is 0 Å². The number of anilines is 1. The Morgan fingerprint density at radius 2 is 1.54 bits per heavy atom. The zero-order valence-corrected chi connectivity index (χ0v) is 17.3. The van der Waals surface area contributed by atoms with Crippen LogP contribution in [0.15, 0.2) is 69.7 Å². The fourth-order valence-corrected chi connectivity index (χ4v) is 3.19. The van der Waals surface area contributed by atoms with Crippen molar-refractivity contribution in [2.45, 2.75) is 11.1 Å². The second-order valence-electron chi connectivity index (χ2n) is 5.57. The first-order valence-electron chi connectivity index (χ1n) is 7.45. The summed E-state index contributed by atoms with van der Waals surface area (Å²) in [5, 5.41) is 8.18. The number of nitrogen functional groups attached to an aromatic ring is 1. The number of fused-ring (bicyclic) bond motifs is 1. The third-order valence-corrected chi connectivity index (χ3v) is 4.67. The normalized spacial score (nSPS) is 12.3. The molecule has 11 heteroatoms. The van der Waals surface area contributed by atoms with E-state index in [-0.39, 0.29) is 53.4 Å². The third-order valence-electron chi connectivity index (χ3n) is 3.77. The van der Waals surface area contributed by atoms with Gasteiger partial charge < -0.3 is 7.16 Å². The summed E-state index contributed by atoms with van der Waals surface area (Å²) < 4.78 is 70.5. The van der Waals surface area contributed by atoms with Crippen molar-refractivity contribution in [2.24, 2.45) is 10.2 Å². The molecule has 3 N–H and O–H groups in total. The van der Waals surface area contributed by atoms with Crippen molar-refractivity contribution in [1.29, 1.82) is 0 Å². The molecule has 0 heterocycles. The molecule has 3 aromatic rings. The van der Waals surface area contributed by atoms with E-state index < -0.39 is 26.8 Å². The van der Waals surface area contributed by atoms with Gasteiger partial charge >= 0.3 is 35.7 Å². The Balaban J connectivity index is 0.00000210. The van der Waals surface area contributed by atoms with Crippen molar-refractivity contribution in [3.05, 3.63) is 60.2 Å². The Labute approximate surface area is 181 Å². The summed E-state index contributed by atoms with van der Waals surface area (Å²) in [4.78, 5) is -0.395. The van der Waals surface area contributed by atoms with Gasteiger partial charge in [-0.2, -0.15) is 26.7 Å². The minimum absolute atomic E-state index is 0. The third kappa shape index (κ3) is 4.70. The smallest absolute Gasteiger partial charge is 1.00 e. The molecule has 0 radical (unpaired) electrons. The van der Waals surface area contributed by atoms with Crippen molar-refractivity contribution < 1.29 is 57.1 Å². The second-order valence-corrected chi connectivity index (χ2v) is 6.96. The molecule has 0 bridgehead atoms. The molecule has 0 aliphatic carbocycles. The van der Waals surface area contributed by atoms with Gasteiger partial charge in [-0.15, -0.1) is 5.11 Å². The summed E-state index contributed by atoms with van der Waals surface area (Å²) in [5.74, 6) is 0. The number of alkyl halides is 3. The van der Waals surface area contributed by atoms with Gasteiger partial charge in [0, 0.05) is 10.8 Å². The van der Waals surface area contributed by atoms with E-state index in [9.17, 15) is 26.1 Å². The predicted octanol–water partition coefficient (Wildman–Crippen LogP) is 2.22. The molecule has 0 saturated carbocycles. The monoisotopic (exact) mass is 419 g/mol. The first-order chi connectivity index (χ1) is 12.6. The van der Waals surface area contributed by atoms with Crippen LogP contribution >= 0.6 is 0 Å². The number of nitrogens with zero attached hydrogens (tertiary/aromatic N) is 2. The van der Waals surface area contributed by atoms with Crippen LogP contribution in [0.25, 0.3) is 10.8 Å². The van der Waals surface area contributed by atoms with Gasteiger partial charge in [-0.05, 0) is 30.3 Å². The average molecular weight is 419 g/mol. The Hall–Kier alpha value is -1.98. The largest absolute Gasteiger partial charge is 1.00 e. The molecule has 0 aliphatic heterocycles. The summed E-state index contributed by atoms with van der Waals surface area (Å²) in [5.41, 5.74) is 5.36. The van der Waals surface area contributed by atoms with Crippen LogP contribution in [0, 0.1) is 0 Å². The maximum absolute atomic E-state index is 12.6. The number of halogens is 3. The second kappa shape index (κ2) is 8.18. The van der Waals surface area contributed by atoms with E-state index >= 15 is 0 Å². The van der Waals surface area contributed by atoms with Crippen molar-refractivity contribution in [2.75, 3.05) is 5.73 Å². The van der Waals surface area contributed by atoms with E-state index in [1.165, 1.54) is 6.07 Å². The molecule has 0 spiro atoms. The van der Waals surface area contributed by atoms with E-state index in [0.717, 1.165) is 30.3 Å². The topological polar surface area (TPSA) is 105 Å². The summed E-state index contributed by atoms with van der Waals surface area (Å²) in [6, 6.07) is 11.2. The van der Waals surface area contributed by atoms with Crippen LogP contribution < -0.4 is 35.3 Å². The molecule has 6 nitrogen and oxygen atoms in total. The molecule has 28 heavy (non-hydrogen) atoms. The average Bonchev–Trinajstić information content (AvgIpc) is 2.60. The van der Waals surface area contributed by atoms with Crippen molar-refractivity contribution >= 4 is 38.0 Å². The van der Waals surface area contributed by atoms with Gasteiger partial charge in [0.25, 0.3) is 10.1 Å². The Morgan fingerprint density at radius 3 is 2.07 bits per heavy atom. The zero-order chi connectivity index (χ0) is 19.8. The van der Waals surface area contributed by atoms with E-state index in [0.29, 0.717) is 5.39 Å². The summed E-state index contributed by atoms with van der Waals surface area (Å²) in [6.45, 7) is 0. The van der Waals surface area contributed by atoms with Crippen LogP contribution in [0.4, 0.5) is 30.2 Å². The first kappa shape index (κ1) is 22.3. The Morgan fingerprint density at radius 1 is 0.964 bits per heavy atom. The molecule has 0 unspecified atom stereocenters. The molecule has 0 saturated heterocycles. The van der Waals surface area contributed by atoms with E-state index in [4.69, 9.17) is 5.73 Å². The van der Waals surface area contributed by atoms with Crippen LogP contribution in [0.1, 0.15) is 6.99 Å². The van der Waals surface area contributed by atoms with Gasteiger partial charge in [-0.1, -0.05) is 24.3 Å². The fourth-order valence-electron chi connectivity index (χ4n) is 2.48. The number of nitrogens with two attached hydrogens (primary N) is 1. The molecule has 142 valence electrons. The molecule has 3 aromatic carbocycles. The maximum Gasteiger partial charge on any atom is 1.00 e. The molecular formula is C17H13F3N3NaO3S. The first-order valence-corrected chi connectivity index (χ1v) is 8.89. The summed E-state index contributed by atoms with van der Waals surface area (Å²) >= 11 is 0. The standard InChI is InChI=1S/C17H12F3N3O3S.Na.H/c18-17(19,20)10-5-7-11(8-6-10)22-23-14-9-15(27(24,25)26)12-3-1-2-4-13(12)16(14)21;;/h1-9H,21H2,(H,24,25,26);;/q;+1;-1. The van der Waals surface area contributed by atoms with Gasteiger partial charge in [-0.25, -0.2) is 0 Å². The van der Waals surface area contributed by atoms with Gasteiger partial charge in [-0.3, -0.25) is 4.55 Å². The Kier molecular flexibility index (Phi) is 6.51. The minimum atomic E-state index is -4.56. The van der Waals surface area contributed by atoms with Crippen molar-refractivity contribution in [3.8, 4) is 0 Å². The van der Waals surface area contributed by atoms with E-state index in [2.05, 4.69) is 10.2 Å². The zero-order valence-electron chi connectivity index (χ0n) is 15.5. The number of rotatable bonds is 3. The number of hydrogen-bond acceptors (Lipinski definition) is 5. The van der Waals surface area contributed by atoms with Gasteiger partial charge in [0.05, 0.1) is 16.9 Å². The molecule has 0 aliphatic rings. The molecule has 0 atom stereocenters. The van der Waals surface area contributed by atoms with Crippen LogP contribution in [0.3, 0.4) is 0 Å². The number of hydrogen-bond donors (Lipinski definition) is 2. The number of benzene rings is 3. The summed E-state index contributed by atoms with van der Waals surface area (Å²) in [7, 11) is -4.56. The van der Waals surface area contributed by atoms with E-state index in [1.807, 2.05) is 0 Å². The van der Waals surface area contributed by atoms with Crippen molar-refractivity contribution in [1.82, 2.24) is 0 Å². The molecule has 0 aromatic heterocycles. The van der Waals surface area contributed by atoms with E-state index in [1.54, 1.807) is 18.2 Å². The quantitative estimate of drug-likeness (QED) is 0.294. The SMILES string of the molecule is Nc1c(N=Nc2ccc(C(F)(F)F)cc2)cc(S(=O)(=O)O)c2ccccc12.[H-].[Na+]. The predicted molar refractivity (Wildman–Crippen MR) is 94.9 cm³/mol. The van der Waals surface area contributed by atoms with Crippen LogP contribution in [0.5, 0.6) is 0 Å². The molecule has 0 amide bonds. The van der Waals surface area contributed by atoms with Crippen LogP contribution in [-0.2, 0) is 16.3 Å². The summed E-state index contributed by atoms with van der Waals surface area (Å²) in [6.07, 6.45) is -4.47. The molecular weight excluding hydrogens is 406 g/mol. The Bertz CT molecular complexity index is 1150. The minimum Gasteiger partial charge on any atom is -1.00 e.